The molecule has 0 unspecified atom stereocenters. The highest BCUT2D eigenvalue weighted by atomic mass is 32.2. The van der Waals surface area contributed by atoms with Crippen molar-refractivity contribution >= 4 is 29.4 Å². The zero-order chi connectivity index (χ0) is 22.7. The molecule has 1 aliphatic heterocycles. The number of H-pyrrole nitrogens is 1. The van der Waals surface area contributed by atoms with Crippen LogP contribution in [0.4, 0.5) is 10.2 Å². The maximum Gasteiger partial charge on any atom is 0.257 e. The Morgan fingerprint density at radius 2 is 1.88 bits per heavy atom. The number of anilines is 1. The summed E-state index contributed by atoms with van der Waals surface area (Å²) in [6.45, 7) is -0.240. The average Bonchev–Trinajstić information content (AvgIpc) is 2.77. The monoisotopic (exact) mass is 454 g/mol. The summed E-state index contributed by atoms with van der Waals surface area (Å²) in [5.41, 5.74) is 6.73. The number of primary amides is 1. The number of aromatic amines is 1. The lowest BCUT2D eigenvalue weighted by Crippen LogP contribution is -2.31. The Labute approximate surface area is 186 Å². The average molecular weight is 454 g/mol. The van der Waals surface area contributed by atoms with E-state index in [-0.39, 0.29) is 36.1 Å². The van der Waals surface area contributed by atoms with Gasteiger partial charge in [0.2, 0.25) is 5.91 Å². The van der Waals surface area contributed by atoms with Crippen LogP contribution in [-0.2, 0) is 15.3 Å². The third kappa shape index (κ3) is 4.97. The molecule has 1 aliphatic rings. The molecule has 10 heteroatoms. The number of fused-ring (bicyclic) bond motifs is 1. The first-order valence-electron chi connectivity index (χ1n) is 9.71. The molecule has 0 saturated carbocycles. The van der Waals surface area contributed by atoms with Gasteiger partial charge in [-0.05, 0) is 35.4 Å². The van der Waals surface area contributed by atoms with Gasteiger partial charge in [-0.15, -0.1) is 0 Å². The van der Waals surface area contributed by atoms with Crippen LogP contribution >= 0.6 is 11.8 Å². The highest BCUT2D eigenvalue weighted by molar-refractivity contribution is 7.98. The molecule has 4 N–H and O–H groups in total. The molecule has 0 radical (unpaired) electrons. The van der Waals surface area contributed by atoms with Crippen LogP contribution in [0.5, 0.6) is 5.75 Å². The van der Waals surface area contributed by atoms with Crippen molar-refractivity contribution in [2.45, 2.75) is 23.2 Å². The number of nitrogens with two attached hydrogens (primary N) is 1. The number of aromatic nitrogens is 2. The summed E-state index contributed by atoms with van der Waals surface area (Å²) in [7, 11) is 0. The molecule has 1 aromatic heterocycles. The standard InChI is InChI=1S/C22H19FN4O4S/c23-14-5-1-12(2-6-14)11-32-22-26-20-19(21(30)27-22)16(9-18(29)25-20)13-3-7-15(8-4-13)31-10-17(24)28/h1-8,16H,9-11H2,(H2,24,28)(H2,25,26,27,29,30)/t16-/m0/s1. The third-order valence-electron chi connectivity index (χ3n) is 4.88. The highest BCUT2D eigenvalue weighted by Gasteiger charge is 2.31. The van der Waals surface area contributed by atoms with E-state index in [1.807, 2.05) is 0 Å². The molecule has 0 fully saturated rings. The second-order valence-corrected chi connectivity index (χ2v) is 8.14. The van der Waals surface area contributed by atoms with Gasteiger partial charge in [0.25, 0.3) is 11.5 Å². The maximum atomic E-state index is 13.1. The molecule has 0 bridgehead atoms. The number of ether oxygens (including phenoxy) is 1. The van der Waals surface area contributed by atoms with Crippen molar-refractivity contribution in [3.8, 4) is 5.75 Å². The number of hydrogen-bond donors (Lipinski definition) is 3. The Bertz CT molecular complexity index is 1210. The SMILES string of the molecule is NC(=O)COc1ccc([C@@H]2CC(=O)Nc3nc(SCc4ccc(F)cc4)[nH]c(=O)c32)cc1. The van der Waals surface area contributed by atoms with Gasteiger partial charge in [-0.25, -0.2) is 9.37 Å². The Morgan fingerprint density at radius 1 is 1.16 bits per heavy atom. The van der Waals surface area contributed by atoms with E-state index in [0.717, 1.165) is 11.1 Å². The number of carbonyl (C=O) groups is 2. The number of halogens is 1. The normalized spacial score (nSPS) is 15.0. The quantitative estimate of drug-likeness (QED) is 0.372. The topological polar surface area (TPSA) is 127 Å². The van der Waals surface area contributed by atoms with Gasteiger partial charge in [0.05, 0.1) is 5.56 Å². The highest BCUT2D eigenvalue weighted by Crippen LogP contribution is 2.35. The van der Waals surface area contributed by atoms with Gasteiger partial charge in [-0.2, -0.15) is 0 Å². The molecule has 2 aromatic carbocycles. The predicted octanol–water partition coefficient (Wildman–Crippen LogP) is 2.54. The van der Waals surface area contributed by atoms with Crippen LogP contribution in [0.25, 0.3) is 0 Å². The second-order valence-electron chi connectivity index (χ2n) is 7.18. The lowest BCUT2D eigenvalue weighted by atomic mass is 9.87. The summed E-state index contributed by atoms with van der Waals surface area (Å²) in [4.78, 5) is 43.2. The van der Waals surface area contributed by atoms with Crippen LogP contribution in [0.15, 0.2) is 58.5 Å². The lowest BCUT2D eigenvalue weighted by Gasteiger charge is -2.24. The van der Waals surface area contributed by atoms with Crippen molar-refractivity contribution in [3.05, 3.63) is 81.4 Å². The Morgan fingerprint density at radius 3 is 2.56 bits per heavy atom. The predicted molar refractivity (Wildman–Crippen MR) is 117 cm³/mol. The molecule has 3 aromatic rings. The van der Waals surface area contributed by atoms with Gasteiger partial charge in [-0.3, -0.25) is 14.4 Å². The molecular weight excluding hydrogens is 435 g/mol. The molecule has 0 aliphatic carbocycles. The molecule has 2 heterocycles. The zero-order valence-electron chi connectivity index (χ0n) is 16.8. The zero-order valence-corrected chi connectivity index (χ0v) is 17.6. The molecule has 0 saturated heterocycles. The van der Waals surface area contributed by atoms with E-state index in [9.17, 15) is 18.8 Å². The van der Waals surface area contributed by atoms with Gasteiger partial charge in [-0.1, -0.05) is 36.0 Å². The number of carbonyl (C=O) groups excluding carboxylic acids is 2. The van der Waals surface area contributed by atoms with E-state index < -0.39 is 11.8 Å². The largest absolute Gasteiger partial charge is 0.484 e. The number of nitrogens with zero attached hydrogens (tertiary/aromatic N) is 1. The van der Waals surface area contributed by atoms with Crippen LogP contribution in [0.2, 0.25) is 0 Å². The number of rotatable bonds is 7. The van der Waals surface area contributed by atoms with Gasteiger partial charge in [0, 0.05) is 18.1 Å². The van der Waals surface area contributed by atoms with Gasteiger partial charge in [0.15, 0.2) is 11.8 Å². The summed E-state index contributed by atoms with van der Waals surface area (Å²) in [6, 6.07) is 12.8. The first-order chi connectivity index (χ1) is 15.4. The molecular formula is C22H19FN4O4S. The minimum atomic E-state index is -0.585. The first kappa shape index (κ1) is 21.6. The van der Waals surface area contributed by atoms with E-state index in [0.29, 0.717) is 22.2 Å². The van der Waals surface area contributed by atoms with Crippen molar-refractivity contribution < 1.29 is 18.7 Å². The first-order valence-corrected chi connectivity index (χ1v) is 10.7. The Kier molecular flexibility index (Phi) is 6.22. The van der Waals surface area contributed by atoms with Crippen LogP contribution in [0.3, 0.4) is 0 Å². The van der Waals surface area contributed by atoms with Crippen molar-refractivity contribution in [2.75, 3.05) is 11.9 Å². The number of nitrogens with one attached hydrogen (secondary N) is 2. The van der Waals surface area contributed by atoms with Crippen molar-refractivity contribution in [3.63, 3.8) is 0 Å². The van der Waals surface area contributed by atoms with Crippen LogP contribution in [0, 0.1) is 5.82 Å². The maximum absolute atomic E-state index is 13.1. The summed E-state index contributed by atoms with van der Waals surface area (Å²) in [6.07, 6.45) is 0.0985. The van der Waals surface area contributed by atoms with Gasteiger partial charge in [0.1, 0.15) is 17.4 Å². The summed E-state index contributed by atoms with van der Waals surface area (Å²) in [5.74, 6) is -0.469. The number of hydrogen-bond acceptors (Lipinski definition) is 6. The fraction of sp³-hybridized carbons (Fsp3) is 0.182. The number of benzene rings is 2. The smallest absolute Gasteiger partial charge is 0.257 e. The minimum Gasteiger partial charge on any atom is -0.484 e. The van der Waals surface area contributed by atoms with E-state index >= 15 is 0 Å². The molecule has 164 valence electrons. The van der Waals surface area contributed by atoms with Gasteiger partial charge >= 0.3 is 0 Å². The third-order valence-corrected chi connectivity index (χ3v) is 5.83. The summed E-state index contributed by atoms with van der Waals surface area (Å²) >= 11 is 1.28. The van der Waals surface area contributed by atoms with E-state index in [2.05, 4.69) is 15.3 Å². The van der Waals surface area contributed by atoms with Crippen molar-refractivity contribution in [1.29, 1.82) is 0 Å². The van der Waals surface area contributed by atoms with E-state index in [1.54, 1.807) is 36.4 Å². The van der Waals surface area contributed by atoms with Crippen molar-refractivity contribution in [1.82, 2.24) is 9.97 Å². The molecule has 0 spiro atoms. The molecule has 8 nitrogen and oxygen atoms in total. The molecule has 32 heavy (non-hydrogen) atoms. The van der Waals surface area contributed by atoms with E-state index in [4.69, 9.17) is 10.5 Å². The Hall–Kier alpha value is -3.66. The lowest BCUT2D eigenvalue weighted by molar-refractivity contribution is -0.120. The van der Waals surface area contributed by atoms with Crippen molar-refractivity contribution in [2.24, 2.45) is 5.73 Å². The van der Waals surface area contributed by atoms with Crippen LogP contribution < -0.4 is 21.3 Å². The van der Waals surface area contributed by atoms with Crippen LogP contribution in [-0.4, -0.2) is 28.4 Å². The van der Waals surface area contributed by atoms with E-state index in [1.165, 1.54) is 23.9 Å². The molecule has 4 rings (SSSR count). The second kappa shape index (κ2) is 9.23. The number of thioether (sulfide) groups is 1. The Balaban J connectivity index is 1.56. The fourth-order valence-corrected chi connectivity index (χ4v) is 4.20. The summed E-state index contributed by atoms with van der Waals surface area (Å²) in [5, 5.41) is 3.04. The van der Waals surface area contributed by atoms with Gasteiger partial charge < -0.3 is 20.8 Å². The van der Waals surface area contributed by atoms with Crippen LogP contribution in [0.1, 0.15) is 29.0 Å². The summed E-state index contributed by atoms with van der Waals surface area (Å²) < 4.78 is 18.3. The fourth-order valence-electron chi connectivity index (χ4n) is 3.39. The number of amides is 2. The minimum absolute atomic E-state index is 0.0985. The molecule has 2 amide bonds. The molecule has 1 atom stereocenters.